The largest absolute Gasteiger partial charge is 0.340 e. The van der Waals surface area contributed by atoms with Gasteiger partial charge in [-0.15, -0.1) is 11.3 Å². The van der Waals surface area contributed by atoms with E-state index in [1.165, 1.54) is 11.3 Å². The van der Waals surface area contributed by atoms with E-state index in [1.807, 2.05) is 11.8 Å². The second kappa shape index (κ2) is 8.77. The third-order valence-electron chi connectivity index (χ3n) is 5.86. The highest BCUT2D eigenvalue weighted by Crippen LogP contribution is 2.29. The SMILES string of the molecule is Cc1nc(C)c(S(=O)(=O)N[C@H]2CC[C@H](C(=O)N3CCN(C(C)C)CC3)CC2)s1. The van der Waals surface area contributed by atoms with Crippen LogP contribution in [0.2, 0.25) is 0 Å². The molecule has 158 valence electrons. The number of rotatable bonds is 5. The molecule has 1 aliphatic heterocycles. The molecular weight excluding hydrogens is 396 g/mol. The van der Waals surface area contributed by atoms with Gasteiger partial charge in [-0.05, 0) is 53.4 Å². The predicted octanol–water partition coefficient (Wildman–Crippen LogP) is 2.15. The van der Waals surface area contributed by atoms with Crippen molar-refractivity contribution in [1.29, 1.82) is 0 Å². The minimum Gasteiger partial charge on any atom is -0.340 e. The van der Waals surface area contributed by atoms with Crippen LogP contribution in [0.5, 0.6) is 0 Å². The summed E-state index contributed by atoms with van der Waals surface area (Å²) in [7, 11) is -3.54. The van der Waals surface area contributed by atoms with Crippen molar-refractivity contribution in [3.05, 3.63) is 10.7 Å². The van der Waals surface area contributed by atoms with Crippen molar-refractivity contribution >= 4 is 27.3 Å². The Balaban J connectivity index is 1.50. The van der Waals surface area contributed by atoms with Crippen LogP contribution in [0.1, 0.15) is 50.2 Å². The van der Waals surface area contributed by atoms with Gasteiger partial charge < -0.3 is 4.90 Å². The maximum absolute atomic E-state index is 12.9. The number of aromatic nitrogens is 1. The smallest absolute Gasteiger partial charge is 0.252 e. The first-order valence-electron chi connectivity index (χ1n) is 10.2. The molecule has 0 aromatic carbocycles. The molecule has 2 heterocycles. The number of amides is 1. The molecule has 1 aromatic heterocycles. The van der Waals surface area contributed by atoms with E-state index in [0.717, 1.165) is 44.0 Å². The van der Waals surface area contributed by atoms with Crippen LogP contribution in [0.15, 0.2) is 4.21 Å². The summed E-state index contributed by atoms with van der Waals surface area (Å²) in [5.41, 5.74) is 0.555. The van der Waals surface area contributed by atoms with E-state index in [9.17, 15) is 13.2 Å². The number of aryl methyl sites for hydroxylation is 2. The fraction of sp³-hybridized carbons (Fsp3) is 0.789. The second-order valence-corrected chi connectivity index (χ2v) is 11.3. The van der Waals surface area contributed by atoms with Crippen molar-refractivity contribution in [3.8, 4) is 0 Å². The summed E-state index contributed by atoms with van der Waals surface area (Å²) in [5.74, 6) is 0.275. The van der Waals surface area contributed by atoms with Crippen molar-refractivity contribution < 1.29 is 13.2 Å². The van der Waals surface area contributed by atoms with Crippen LogP contribution in [-0.4, -0.2) is 67.4 Å². The molecule has 1 saturated heterocycles. The molecule has 0 unspecified atom stereocenters. The zero-order valence-electron chi connectivity index (χ0n) is 17.3. The first kappa shape index (κ1) is 21.7. The normalized spacial score (nSPS) is 24.7. The molecule has 1 saturated carbocycles. The average molecular weight is 429 g/mol. The van der Waals surface area contributed by atoms with Gasteiger partial charge >= 0.3 is 0 Å². The first-order valence-corrected chi connectivity index (χ1v) is 12.5. The summed E-state index contributed by atoms with van der Waals surface area (Å²) < 4.78 is 28.5. The maximum Gasteiger partial charge on any atom is 0.252 e. The second-order valence-electron chi connectivity index (χ2n) is 8.23. The third kappa shape index (κ3) is 4.93. The van der Waals surface area contributed by atoms with Crippen LogP contribution in [0.25, 0.3) is 0 Å². The van der Waals surface area contributed by atoms with Crippen molar-refractivity contribution in [2.45, 2.75) is 69.7 Å². The quantitative estimate of drug-likeness (QED) is 0.777. The molecular formula is C19H32N4O3S2. The Labute approximate surface area is 172 Å². The number of carbonyl (C=O) groups excluding carboxylic acids is 1. The molecule has 0 radical (unpaired) electrons. The van der Waals surface area contributed by atoms with E-state index in [0.29, 0.717) is 28.8 Å². The van der Waals surface area contributed by atoms with Gasteiger partial charge in [0.15, 0.2) is 4.21 Å². The van der Waals surface area contributed by atoms with Gasteiger partial charge in [-0.25, -0.2) is 18.1 Å². The summed E-state index contributed by atoms with van der Waals surface area (Å²) in [6, 6.07) is 0.417. The molecule has 0 spiro atoms. The van der Waals surface area contributed by atoms with Gasteiger partial charge in [0.1, 0.15) is 0 Å². The number of thiazole rings is 1. The number of nitrogens with one attached hydrogen (secondary N) is 1. The van der Waals surface area contributed by atoms with Crippen LogP contribution >= 0.6 is 11.3 Å². The fourth-order valence-corrected chi connectivity index (χ4v) is 7.02. The molecule has 2 fully saturated rings. The van der Waals surface area contributed by atoms with Crippen LogP contribution in [0.4, 0.5) is 0 Å². The summed E-state index contributed by atoms with van der Waals surface area (Å²) in [4.78, 5) is 21.5. The predicted molar refractivity (Wildman–Crippen MR) is 111 cm³/mol. The van der Waals surface area contributed by atoms with Gasteiger partial charge in [-0.1, -0.05) is 0 Å². The number of carbonyl (C=O) groups is 1. The summed E-state index contributed by atoms with van der Waals surface area (Å²) in [6.45, 7) is 11.4. The van der Waals surface area contributed by atoms with Crippen molar-refractivity contribution in [3.63, 3.8) is 0 Å². The molecule has 2 aliphatic rings. The number of hydrogen-bond donors (Lipinski definition) is 1. The zero-order chi connectivity index (χ0) is 20.5. The molecule has 9 heteroatoms. The van der Waals surface area contributed by atoms with E-state index in [2.05, 4.69) is 28.5 Å². The van der Waals surface area contributed by atoms with Crippen LogP contribution in [0, 0.1) is 19.8 Å². The van der Waals surface area contributed by atoms with Gasteiger partial charge in [0.05, 0.1) is 10.7 Å². The lowest BCUT2D eigenvalue weighted by molar-refractivity contribution is -0.138. The Morgan fingerprint density at radius 1 is 1.11 bits per heavy atom. The zero-order valence-corrected chi connectivity index (χ0v) is 18.9. The van der Waals surface area contributed by atoms with E-state index in [1.54, 1.807) is 6.92 Å². The first-order chi connectivity index (χ1) is 13.2. The van der Waals surface area contributed by atoms with Gasteiger partial charge in [0.25, 0.3) is 10.0 Å². The lowest BCUT2D eigenvalue weighted by Crippen LogP contribution is -2.52. The third-order valence-corrected chi connectivity index (χ3v) is 9.06. The summed E-state index contributed by atoms with van der Waals surface area (Å²) >= 11 is 1.21. The molecule has 1 amide bonds. The molecule has 28 heavy (non-hydrogen) atoms. The highest BCUT2D eigenvalue weighted by atomic mass is 32.2. The minimum absolute atomic E-state index is 0.0266. The molecule has 1 aliphatic carbocycles. The van der Waals surface area contributed by atoms with Crippen molar-refractivity contribution in [2.75, 3.05) is 26.2 Å². The minimum atomic E-state index is -3.54. The Morgan fingerprint density at radius 2 is 1.71 bits per heavy atom. The van der Waals surface area contributed by atoms with Gasteiger partial charge in [-0.2, -0.15) is 0 Å². The van der Waals surface area contributed by atoms with Crippen molar-refractivity contribution in [1.82, 2.24) is 19.5 Å². The van der Waals surface area contributed by atoms with E-state index in [4.69, 9.17) is 0 Å². The van der Waals surface area contributed by atoms with Gasteiger partial charge in [0, 0.05) is 44.2 Å². The number of sulfonamides is 1. The van der Waals surface area contributed by atoms with Crippen LogP contribution in [-0.2, 0) is 14.8 Å². The lowest BCUT2D eigenvalue weighted by Gasteiger charge is -2.39. The summed E-state index contributed by atoms with van der Waals surface area (Å²) in [6.07, 6.45) is 2.91. The number of piperazine rings is 1. The fourth-order valence-electron chi connectivity index (χ4n) is 4.21. The maximum atomic E-state index is 12.9. The average Bonchev–Trinajstić information content (AvgIpc) is 3.01. The lowest BCUT2D eigenvalue weighted by atomic mass is 9.85. The topological polar surface area (TPSA) is 82.6 Å². The molecule has 0 bridgehead atoms. The number of nitrogens with zero attached hydrogens (tertiary/aromatic N) is 3. The Kier molecular flexibility index (Phi) is 6.79. The Bertz CT molecular complexity index is 790. The van der Waals surface area contributed by atoms with E-state index in [-0.39, 0.29) is 17.9 Å². The summed E-state index contributed by atoms with van der Waals surface area (Å²) in [5, 5.41) is 0.754. The molecule has 1 N–H and O–H groups in total. The van der Waals surface area contributed by atoms with Crippen LogP contribution < -0.4 is 4.72 Å². The Hall–Kier alpha value is -1.03. The molecule has 1 aromatic rings. The molecule has 0 atom stereocenters. The Morgan fingerprint density at radius 3 is 2.21 bits per heavy atom. The monoisotopic (exact) mass is 428 g/mol. The molecule has 3 rings (SSSR count). The standard InChI is InChI=1S/C19H32N4O3S2/c1-13(2)22-9-11-23(12-10-22)18(24)16-5-7-17(8-6-16)21-28(25,26)19-14(3)20-15(4)27-19/h13,16-17,21H,5-12H2,1-4H3/t16-,17-. The van der Waals surface area contributed by atoms with Crippen molar-refractivity contribution in [2.24, 2.45) is 5.92 Å². The highest BCUT2D eigenvalue weighted by molar-refractivity contribution is 7.91. The van der Waals surface area contributed by atoms with E-state index < -0.39 is 10.0 Å². The number of hydrogen-bond acceptors (Lipinski definition) is 6. The highest BCUT2D eigenvalue weighted by Gasteiger charge is 2.33. The van der Waals surface area contributed by atoms with E-state index >= 15 is 0 Å². The van der Waals surface area contributed by atoms with Crippen LogP contribution in [0.3, 0.4) is 0 Å². The van der Waals surface area contributed by atoms with Gasteiger partial charge in [0.2, 0.25) is 5.91 Å². The van der Waals surface area contributed by atoms with Gasteiger partial charge in [-0.3, -0.25) is 9.69 Å². The molecule has 7 nitrogen and oxygen atoms in total.